The van der Waals surface area contributed by atoms with Crippen molar-refractivity contribution in [2.45, 2.75) is 89.6 Å². The van der Waals surface area contributed by atoms with Crippen LogP contribution in [-0.2, 0) is 19.1 Å². The topological polar surface area (TPSA) is 200 Å². The van der Waals surface area contributed by atoms with E-state index in [0.717, 1.165) is 64.9 Å². The minimum Gasteiger partial charge on any atom is -0.453 e. The van der Waals surface area contributed by atoms with Gasteiger partial charge in [0.1, 0.15) is 29.4 Å². The molecule has 2 aromatic carbocycles. The van der Waals surface area contributed by atoms with Crippen LogP contribution in [0.15, 0.2) is 61.1 Å². The number of imidazole rings is 2. The number of likely N-dealkylation sites (tertiary alicyclic amines) is 2. The zero-order chi connectivity index (χ0) is 42.0. The Morgan fingerprint density at radius 1 is 0.633 bits per heavy atom. The van der Waals surface area contributed by atoms with E-state index in [0.29, 0.717) is 29.0 Å². The van der Waals surface area contributed by atoms with E-state index in [1.54, 1.807) is 12.4 Å². The van der Waals surface area contributed by atoms with Crippen molar-refractivity contribution in [1.82, 2.24) is 50.3 Å². The van der Waals surface area contributed by atoms with Crippen LogP contribution in [0.1, 0.15) is 77.1 Å². The Kier molecular flexibility index (Phi) is 10.0. The van der Waals surface area contributed by atoms with Crippen LogP contribution in [0.25, 0.3) is 44.8 Å². The number of H-pyrrole nitrogens is 2. The number of carbonyl (C=O) groups is 4. The van der Waals surface area contributed by atoms with Crippen LogP contribution < -0.4 is 10.6 Å². The Hall–Kier alpha value is -6.32. The molecule has 5 aromatic rings. The Balaban J connectivity index is 0.880. The molecule has 16 heteroatoms. The van der Waals surface area contributed by atoms with Crippen molar-refractivity contribution in [2.24, 2.45) is 23.7 Å². The first-order valence-electron chi connectivity index (χ1n) is 20.7. The average molecular weight is 815 g/mol. The van der Waals surface area contributed by atoms with Gasteiger partial charge in [-0.15, -0.1) is 0 Å². The van der Waals surface area contributed by atoms with Crippen molar-refractivity contribution in [2.75, 3.05) is 14.2 Å². The number of hydrogen-bond acceptors (Lipinski definition) is 10. The number of amides is 4. The zero-order valence-corrected chi connectivity index (χ0v) is 34.5. The van der Waals surface area contributed by atoms with E-state index in [1.807, 2.05) is 74.0 Å². The summed E-state index contributed by atoms with van der Waals surface area (Å²) in [6.07, 6.45) is 7.60. The van der Waals surface area contributed by atoms with Crippen molar-refractivity contribution >= 4 is 35.0 Å². The third-order valence-corrected chi connectivity index (χ3v) is 12.7. The van der Waals surface area contributed by atoms with Gasteiger partial charge in [-0.2, -0.15) is 0 Å². The van der Waals surface area contributed by atoms with E-state index in [4.69, 9.17) is 29.4 Å². The van der Waals surface area contributed by atoms with Crippen LogP contribution in [0.4, 0.5) is 9.59 Å². The molecular weight excluding hydrogens is 765 g/mol. The third kappa shape index (κ3) is 7.21. The molecule has 2 aliphatic carbocycles. The average Bonchev–Trinajstić information content (AvgIpc) is 3.83. The molecule has 0 spiro atoms. The molecule has 312 valence electrons. The molecule has 2 aliphatic heterocycles. The molecule has 5 heterocycles. The van der Waals surface area contributed by atoms with Crippen molar-refractivity contribution in [3.63, 3.8) is 0 Å². The zero-order valence-electron chi connectivity index (χ0n) is 34.5. The smallest absolute Gasteiger partial charge is 0.407 e. The highest BCUT2D eigenvalue weighted by Gasteiger charge is 2.57. The summed E-state index contributed by atoms with van der Waals surface area (Å²) in [7, 11) is 2.59. The van der Waals surface area contributed by atoms with Gasteiger partial charge in [0.2, 0.25) is 11.8 Å². The van der Waals surface area contributed by atoms with E-state index in [-0.39, 0.29) is 47.8 Å². The molecule has 8 atom stereocenters. The van der Waals surface area contributed by atoms with Gasteiger partial charge in [0, 0.05) is 12.1 Å². The number of ether oxygens (including phenoxy) is 2. The number of rotatable bonds is 11. The van der Waals surface area contributed by atoms with Crippen molar-refractivity contribution in [3.8, 4) is 33.8 Å². The van der Waals surface area contributed by atoms with E-state index in [1.165, 1.54) is 14.2 Å². The van der Waals surface area contributed by atoms with Crippen LogP contribution in [-0.4, -0.2) is 102 Å². The van der Waals surface area contributed by atoms with Crippen molar-refractivity contribution in [3.05, 3.63) is 72.7 Å². The molecule has 4 fully saturated rings. The lowest BCUT2D eigenvalue weighted by molar-refractivity contribution is -0.137. The monoisotopic (exact) mass is 814 g/mol. The Labute approximate surface area is 347 Å². The van der Waals surface area contributed by atoms with Gasteiger partial charge in [-0.1, -0.05) is 58.0 Å². The molecule has 2 saturated carbocycles. The number of carbonyl (C=O) groups excluding carboxylic acids is 4. The first-order chi connectivity index (χ1) is 28.9. The number of aromatic nitrogens is 6. The van der Waals surface area contributed by atoms with Gasteiger partial charge < -0.3 is 39.9 Å². The molecule has 0 radical (unpaired) electrons. The maximum Gasteiger partial charge on any atom is 0.407 e. The van der Waals surface area contributed by atoms with Gasteiger partial charge in [0.15, 0.2) is 0 Å². The number of nitrogens with zero attached hydrogens (tertiary/aromatic N) is 6. The number of alkyl carbamates (subject to hydrolysis) is 2. The molecule has 3 aromatic heterocycles. The van der Waals surface area contributed by atoms with Crippen LogP contribution in [0.3, 0.4) is 0 Å². The van der Waals surface area contributed by atoms with Crippen molar-refractivity contribution < 1.29 is 28.7 Å². The van der Waals surface area contributed by atoms with Crippen LogP contribution in [0.2, 0.25) is 0 Å². The highest BCUT2D eigenvalue weighted by Crippen LogP contribution is 2.54. The van der Waals surface area contributed by atoms with Crippen LogP contribution >= 0.6 is 0 Å². The molecule has 4 aliphatic rings. The summed E-state index contributed by atoms with van der Waals surface area (Å²) in [6, 6.07) is 12.7. The summed E-state index contributed by atoms with van der Waals surface area (Å²) < 4.78 is 9.59. The molecule has 4 amide bonds. The molecule has 16 nitrogen and oxygen atoms in total. The first kappa shape index (κ1) is 39.2. The van der Waals surface area contributed by atoms with Crippen molar-refractivity contribution in [1.29, 1.82) is 0 Å². The van der Waals surface area contributed by atoms with E-state index < -0.39 is 24.3 Å². The Morgan fingerprint density at radius 3 is 1.67 bits per heavy atom. The second-order valence-electron chi connectivity index (χ2n) is 17.2. The lowest BCUT2D eigenvalue weighted by Gasteiger charge is -2.31. The van der Waals surface area contributed by atoms with Gasteiger partial charge >= 0.3 is 12.2 Å². The fraction of sp³-hybridized carbons (Fsp3) is 0.455. The number of methoxy groups -OCH3 is 2. The van der Waals surface area contributed by atoms with E-state index >= 15 is 0 Å². The predicted molar refractivity (Wildman–Crippen MR) is 221 cm³/mol. The Morgan fingerprint density at radius 2 is 1.13 bits per heavy atom. The fourth-order valence-electron chi connectivity index (χ4n) is 9.21. The third-order valence-electron chi connectivity index (χ3n) is 12.7. The molecule has 0 bridgehead atoms. The normalized spacial score (nSPS) is 23.6. The lowest BCUT2D eigenvalue weighted by atomic mass is 10.0. The maximum atomic E-state index is 13.8. The van der Waals surface area contributed by atoms with Crippen LogP contribution in [0, 0.1) is 23.7 Å². The van der Waals surface area contributed by atoms with E-state index in [9.17, 15) is 19.2 Å². The van der Waals surface area contributed by atoms with Gasteiger partial charge in [-0.05, 0) is 78.2 Å². The second kappa shape index (κ2) is 15.4. The van der Waals surface area contributed by atoms with E-state index in [2.05, 4.69) is 32.7 Å². The largest absolute Gasteiger partial charge is 0.453 e. The van der Waals surface area contributed by atoms with Crippen LogP contribution in [0.5, 0.6) is 0 Å². The number of benzene rings is 2. The standard InChI is InChI=1S/C44H50N10O6/c1-21(2)37(51-43(57)59-5)41(55)53-33-14-26(33)16-35(53)39-46-18-30(49-39)24-9-7-23(8-10-24)25-11-12-28-29(13-25)45-19-31(48-28)32-20-47-40(50-32)36-17-27-15-34(27)54(36)42(56)38(22(3)4)52-44(58)60-6/h7-13,18-22,26-27,33-38H,14-17H2,1-6H3,(H,46,49)(H,47,50)(H,51,57)(H,52,58)/t26-,27?,33?,34-,35+,36+,37+,38+/m1/s1. The quantitative estimate of drug-likeness (QED) is 0.120. The lowest BCUT2D eigenvalue weighted by Crippen LogP contribution is -2.52. The number of nitrogens with one attached hydrogen (secondary N) is 4. The summed E-state index contributed by atoms with van der Waals surface area (Å²) in [5.41, 5.74) is 6.68. The second-order valence-corrected chi connectivity index (χ2v) is 17.2. The Bertz CT molecular complexity index is 2460. The SMILES string of the molecule is COC(=O)N[C@H](C(=O)N1C2C[C@@H]2C[C@H]1c1ncc(-c2ccc(-c3ccc4nc(-c5cnc([C@@H]6CC7C[C@H]7N6C(=O)[C@@H](NC(=O)OC)C(C)C)[nH]5)cnc4c3)cc2)[nH]1)C(C)C. The summed E-state index contributed by atoms with van der Waals surface area (Å²) in [6.45, 7) is 7.65. The highest BCUT2D eigenvalue weighted by atomic mass is 16.5. The minimum absolute atomic E-state index is 0.104. The number of aromatic amines is 2. The summed E-state index contributed by atoms with van der Waals surface area (Å²) in [4.78, 5) is 81.5. The molecule has 4 N–H and O–H groups in total. The predicted octanol–water partition coefficient (Wildman–Crippen LogP) is 6.16. The highest BCUT2D eigenvalue weighted by molar-refractivity contribution is 5.88. The number of fused-ring (bicyclic) bond motifs is 3. The van der Waals surface area contributed by atoms with Gasteiger partial charge in [-0.25, -0.2) is 24.5 Å². The summed E-state index contributed by atoms with van der Waals surface area (Å²) >= 11 is 0. The molecule has 9 rings (SSSR count). The van der Waals surface area contributed by atoms with Gasteiger partial charge in [0.05, 0.1) is 67.3 Å². The molecular formula is C44H50N10O6. The van der Waals surface area contributed by atoms with Gasteiger partial charge in [0.25, 0.3) is 0 Å². The number of hydrogen-bond donors (Lipinski definition) is 4. The summed E-state index contributed by atoms with van der Waals surface area (Å²) in [5.74, 6) is 1.84. The molecule has 2 unspecified atom stereocenters. The summed E-state index contributed by atoms with van der Waals surface area (Å²) in [5, 5.41) is 5.46. The first-order valence-corrected chi connectivity index (χ1v) is 20.7. The minimum atomic E-state index is -0.700. The molecule has 2 saturated heterocycles. The van der Waals surface area contributed by atoms with Gasteiger partial charge in [-0.3, -0.25) is 14.6 Å². The fourth-order valence-corrected chi connectivity index (χ4v) is 9.21. The maximum absolute atomic E-state index is 13.8. The number of piperidine rings is 2. The molecule has 60 heavy (non-hydrogen) atoms.